The summed E-state index contributed by atoms with van der Waals surface area (Å²) in [6.45, 7) is 3.33. The Morgan fingerprint density at radius 1 is 0.885 bits per heavy atom. The lowest BCUT2D eigenvalue weighted by molar-refractivity contribution is -0.0460. The van der Waals surface area contributed by atoms with E-state index in [0.717, 1.165) is 12.1 Å². The van der Waals surface area contributed by atoms with Crippen molar-refractivity contribution in [1.29, 1.82) is 0 Å². The molecule has 16 heteroatoms. The van der Waals surface area contributed by atoms with Crippen molar-refractivity contribution in [3.8, 4) is 0 Å². The molecule has 0 heterocycles. The normalized spacial score (nSPS) is 15.9. The van der Waals surface area contributed by atoms with Crippen molar-refractivity contribution in [3.05, 3.63) is 36.4 Å². The maximum absolute atomic E-state index is 12.8. The Morgan fingerprint density at radius 2 is 1.35 bits per heavy atom. The molecular weight excluding hydrogens is 438 g/mol. The summed E-state index contributed by atoms with van der Waals surface area (Å²) in [5.74, 6) is 0. The van der Waals surface area contributed by atoms with Crippen LogP contribution >= 0.6 is 0 Å². The second-order valence-corrected chi connectivity index (χ2v) is 10.00. The second-order valence-electron chi connectivity index (χ2n) is 4.33. The van der Waals surface area contributed by atoms with E-state index in [9.17, 15) is 47.4 Å². The first kappa shape index (κ1) is 22.4. The van der Waals surface area contributed by atoms with E-state index in [4.69, 9.17) is 0 Å². The van der Waals surface area contributed by atoms with Crippen LogP contribution in [0.25, 0.3) is 6.08 Å². The van der Waals surface area contributed by atoms with Gasteiger partial charge in [0, 0.05) is 0 Å². The third-order valence-corrected chi connectivity index (χ3v) is 7.97. The number of benzene rings is 1. The molecule has 0 bridgehead atoms. The van der Waals surface area contributed by atoms with Crippen LogP contribution in [0.3, 0.4) is 0 Å². The van der Waals surface area contributed by atoms with Gasteiger partial charge in [-0.25, -0.2) is 12.6 Å². The number of nitrogens with one attached hydrogen (secondary N) is 1. The molecule has 7 nitrogen and oxygen atoms in total. The number of sulfonamides is 2. The lowest BCUT2D eigenvalue weighted by atomic mass is 10.2. The summed E-state index contributed by atoms with van der Waals surface area (Å²) in [5.41, 5.74) is -12.2. The van der Waals surface area contributed by atoms with E-state index in [2.05, 4.69) is 6.58 Å². The molecule has 0 amide bonds. The van der Waals surface area contributed by atoms with Gasteiger partial charge < -0.3 is 0 Å². The quantitative estimate of drug-likeness (QED) is 0.699. The summed E-state index contributed by atoms with van der Waals surface area (Å²) in [4.78, 5) is -0.966. The molecular formula is C10H8F6N2O5S3. The number of rotatable bonds is 5. The van der Waals surface area contributed by atoms with E-state index in [0.29, 0.717) is 17.7 Å². The largest absolute Gasteiger partial charge is 0.512 e. The number of nitrogens with zero attached hydrogens (tertiary/aromatic N) is 1. The molecule has 0 fully saturated rings. The van der Waals surface area contributed by atoms with Crippen molar-refractivity contribution in [1.82, 2.24) is 4.13 Å². The van der Waals surface area contributed by atoms with Crippen molar-refractivity contribution in [2.24, 2.45) is 3.77 Å². The Bertz CT molecular complexity index is 1020. The molecule has 0 aliphatic heterocycles. The first-order chi connectivity index (χ1) is 11.5. The minimum absolute atomic E-state index is 0.214. The van der Waals surface area contributed by atoms with E-state index >= 15 is 0 Å². The molecule has 0 aliphatic carbocycles. The molecule has 0 saturated heterocycles. The highest BCUT2D eigenvalue weighted by atomic mass is 32.3. The average Bonchev–Trinajstić information content (AvgIpc) is 2.43. The third-order valence-electron chi connectivity index (χ3n) is 2.46. The number of hydrogen-bond acceptors (Lipinski definition) is 5. The van der Waals surface area contributed by atoms with Gasteiger partial charge in [-0.2, -0.15) is 34.8 Å². The highest BCUT2D eigenvalue weighted by Crippen LogP contribution is 2.31. The minimum atomic E-state index is -6.82. The molecule has 0 aliphatic rings. The Kier molecular flexibility index (Phi) is 5.87. The van der Waals surface area contributed by atoms with Crippen LogP contribution in [0.5, 0.6) is 0 Å². The van der Waals surface area contributed by atoms with Gasteiger partial charge in [0.2, 0.25) is 9.92 Å². The van der Waals surface area contributed by atoms with Crippen molar-refractivity contribution >= 4 is 36.0 Å². The molecule has 1 aromatic carbocycles. The minimum Gasteiger partial charge on any atom is -0.222 e. The summed E-state index contributed by atoms with van der Waals surface area (Å²) in [7, 11) is -18.9. The van der Waals surface area contributed by atoms with Crippen molar-refractivity contribution in [3.63, 3.8) is 0 Å². The van der Waals surface area contributed by atoms with Gasteiger partial charge in [0.25, 0.3) is 10.0 Å². The zero-order chi connectivity index (χ0) is 20.6. The van der Waals surface area contributed by atoms with Crippen LogP contribution in [0.4, 0.5) is 26.3 Å². The predicted octanol–water partition coefficient (Wildman–Crippen LogP) is 2.36. The van der Waals surface area contributed by atoms with Crippen LogP contribution in [-0.4, -0.2) is 32.1 Å². The Hall–Kier alpha value is -1.65. The van der Waals surface area contributed by atoms with Gasteiger partial charge in [-0.1, -0.05) is 28.6 Å². The van der Waals surface area contributed by atoms with Crippen LogP contribution in [0.2, 0.25) is 0 Å². The zero-order valence-electron chi connectivity index (χ0n) is 12.1. The molecule has 1 N–H and O–H groups in total. The molecule has 0 saturated carbocycles. The van der Waals surface area contributed by atoms with E-state index in [1.807, 2.05) is 3.77 Å². The molecule has 1 unspecified atom stereocenters. The summed E-state index contributed by atoms with van der Waals surface area (Å²) in [6, 6.07) is 3.55. The van der Waals surface area contributed by atoms with Gasteiger partial charge in [-0.05, 0) is 17.7 Å². The Morgan fingerprint density at radius 3 is 1.69 bits per heavy atom. The van der Waals surface area contributed by atoms with Gasteiger partial charge in [-0.15, -0.1) is 4.13 Å². The monoisotopic (exact) mass is 446 g/mol. The summed E-state index contributed by atoms with van der Waals surface area (Å²) < 4.78 is 134. The lowest BCUT2D eigenvalue weighted by Gasteiger charge is -2.16. The van der Waals surface area contributed by atoms with Crippen LogP contribution < -0.4 is 4.13 Å². The fourth-order valence-corrected chi connectivity index (χ4v) is 5.87. The lowest BCUT2D eigenvalue weighted by Crippen LogP contribution is -2.45. The summed E-state index contributed by atoms with van der Waals surface area (Å²) >= 11 is 0. The SMILES string of the molecule is C=Cc1ccc(S(=O)(=O)N=S(=O)(NS(=O)(=O)C(F)(F)F)C(F)(F)F)cc1. The van der Waals surface area contributed by atoms with E-state index in [1.165, 1.54) is 6.08 Å². The smallest absolute Gasteiger partial charge is 0.222 e. The van der Waals surface area contributed by atoms with Gasteiger partial charge >= 0.3 is 21.0 Å². The van der Waals surface area contributed by atoms with Crippen LogP contribution in [0, 0.1) is 0 Å². The van der Waals surface area contributed by atoms with E-state index in [1.54, 1.807) is 0 Å². The number of halogens is 6. The first-order valence-corrected chi connectivity index (χ1v) is 10.3. The predicted molar refractivity (Wildman–Crippen MR) is 78.5 cm³/mol. The molecule has 148 valence electrons. The number of alkyl halides is 6. The molecule has 26 heavy (non-hydrogen) atoms. The van der Waals surface area contributed by atoms with Crippen LogP contribution in [0.15, 0.2) is 39.5 Å². The van der Waals surface area contributed by atoms with Crippen molar-refractivity contribution < 1.29 is 47.4 Å². The highest BCUT2D eigenvalue weighted by molar-refractivity contribution is 8.10. The standard InChI is InChI=1S/C10H8F6N2O5S3/c1-2-7-3-5-8(6-4-7)24(19,20)17-25(21,9(11,12)13)18-26(22,23)10(14,15)16/h2-6H,1H2,(H,17,18,21). The second kappa shape index (κ2) is 6.82. The Labute approximate surface area is 144 Å². The van der Waals surface area contributed by atoms with Crippen LogP contribution in [-0.2, 0) is 30.0 Å². The first-order valence-electron chi connectivity index (χ1n) is 5.87. The van der Waals surface area contributed by atoms with E-state index in [-0.39, 0.29) is 4.13 Å². The van der Waals surface area contributed by atoms with Crippen molar-refractivity contribution in [2.45, 2.75) is 15.9 Å². The molecule has 1 aromatic rings. The fourth-order valence-electron chi connectivity index (χ4n) is 1.26. The molecule has 1 atom stereocenters. The summed E-state index contributed by atoms with van der Waals surface area (Å²) in [5, 5.41) is 0. The van der Waals surface area contributed by atoms with Gasteiger partial charge in [0.15, 0.2) is 0 Å². The molecule has 0 aromatic heterocycles. The zero-order valence-corrected chi connectivity index (χ0v) is 14.5. The van der Waals surface area contributed by atoms with Gasteiger partial charge in [0.1, 0.15) is 0 Å². The van der Waals surface area contributed by atoms with E-state index < -0.39 is 45.9 Å². The van der Waals surface area contributed by atoms with Crippen molar-refractivity contribution in [2.75, 3.05) is 0 Å². The summed E-state index contributed by atoms with van der Waals surface area (Å²) in [6.07, 6.45) is 1.24. The maximum Gasteiger partial charge on any atom is 0.512 e. The van der Waals surface area contributed by atoms with Gasteiger partial charge in [-0.3, -0.25) is 0 Å². The van der Waals surface area contributed by atoms with Gasteiger partial charge in [0.05, 0.1) is 4.90 Å². The molecule has 0 radical (unpaired) electrons. The maximum atomic E-state index is 12.8. The molecule has 1 rings (SSSR count). The fraction of sp³-hybridized carbons (Fsp3) is 0.200. The third kappa shape index (κ3) is 4.74. The highest BCUT2D eigenvalue weighted by Gasteiger charge is 2.54. The number of hydrogen-bond donors (Lipinski definition) is 1. The van der Waals surface area contributed by atoms with Crippen LogP contribution in [0.1, 0.15) is 5.56 Å². The molecule has 0 spiro atoms. The topological polar surface area (TPSA) is 110 Å². The average molecular weight is 446 g/mol. The Balaban J connectivity index is 3.63.